The second-order valence-corrected chi connectivity index (χ2v) is 4.61. The molecule has 0 atom stereocenters. The Balaban J connectivity index is 2.23. The molecular formula is C16H14FN3O4. The molecule has 24 heavy (non-hydrogen) atoms. The molecule has 0 unspecified atom stereocenters. The highest BCUT2D eigenvalue weighted by atomic mass is 19.1. The highest BCUT2D eigenvalue weighted by Crippen LogP contribution is 2.29. The Morgan fingerprint density at radius 3 is 2.67 bits per heavy atom. The molecule has 2 aromatic rings. The molecule has 0 bridgehead atoms. The number of benzene rings is 2. The predicted molar refractivity (Wildman–Crippen MR) is 87.4 cm³/mol. The molecule has 0 aliphatic carbocycles. The number of amides is 1. The fourth-order valence-corrected chi connectivity index (χ4v) is 1.83. The molecule has 0 aliphatic heterocycles. The van der Waals surface area contributed by atoms with Crippen LogP contribution in [0.25, 0.3) is 0 Å². The molecule has 8 heteroatoms. The molecule has 7 nitrogen and oxygen atoms in total. The number of nitrogens with one attached hydrogen (secondary N) is 1. The lowest BCUT2D eigenvalue weighted by Crippen LogP contribution is -2.14. The summed E-state index contributed by atoms with van der Waals surface area (Å²) in [6.45, 7) is 1.78. The van der Waals surface area contributed by atoms with Gasteiger partial charge in [0.1, 0.15) is 11.5 Å². The third kappa shape index (κ3) is 4.60. The van der Waals surface area contributed by atoms with Crippen LogP contribution in [0.3, 0.4) is 0 Å². The van der Waals surface area contributed by atoms with Crippen molar-refractivity contribution in [2.75, 3.05) is 11.9 Å². The molecule has 124 valence electrons. The molecule has 0 radical (unpaired) electrons. The van der Waals surface area contributed by atoms with E-state index < -0.39 is 11.0 Å². The van der Waals surface area contributed by atoms with Gasteiger partial charge in [0, 0.05) is 12.3 Å². The van der Waals surface area contributed by atoms with E-state index >= 15 is 0 Å². The first-order valence-corrected chi connectivity index (χ1v) is 7.01. The second kappa shape index (κ2) is 7.82. The van der Waals surface area contributed by atoms with Crippen LogP contribution in [-0.2, 0) is 4.74 Å². The van der Waals surface area contributed by atoms with Crippen LogP contribution in [0.15, 0.2) is 47.5 Å². The zero-order chi connectivity index (χ0) is 17.5. The van der Waals surface area contributed by atoms with E-state index in [1.54, 1.807) is 6.92 Å². The number of ether oxygens (including phenoxy) is 1. The molecule has 2 rings (SSSR count). The minimum absolute atomic E-state index is 0.0131. The summed E-state index contributed by atoms with van der Waals surface area (Å²) < 4.78 is 17.5. The maximum Gasteiger partial charge on any atom is 0.411 e. The Bertz CT molecular complexity index is 775. The van der Waals surface area contributed by atoms with E-state index in [0.29, 0.717) is 11.3 Å². The van der Waals surface area contributed by atoms with Gasteiger partial charge in [-0.05, 0) is 36.8 Å². The number of carbonyl (C=O) groups excluding carboxylic acids is 1. The van der Waals surface area contributed by atoms with Gasteiger partial charge in [0.2, 0.25) is 0 Å². The molecular weight excluding hydrogens is 317 g/mol. The first kappa shape index (κ1) is 17.1. The van der Waals surface area contributed by atoms with Gasteiger partial charge in [-0.1, -0.05) is 12.1 Å². The fraction of sp³-hybridized carbons (Fsp3) is 0.125. The fourth-order valence-electron chi connectivity index (χ4n) is 1.83. The summed E-state index contributed by atoms with van der Waals surface area (Å²) in [4.78, 5) is 26.0. The standard InChI is InChI=1S/C16H14FN3O4/c1-2-24-16(21)19-14-8-7-13(9-15(14)20(22)23)18-10-11-3-5-12(17)6-4-11/h3-10H,2H2,1H3,(H,19,21)/b18-10+. The summed E-state index contributed by atoms with van der Waals surface area (Å²) in [5, 5.41) is 13.4. The van der Waals surface area contributed by atoms with Crippen molar-refractivity contribution in [2.24, 2.45) is 4.99 Å². The average molecular weight is 331 g/mol. The topological polar surface area (TPSA) is 93.8 Å². The Hall–Kier alpha value is -3.29. The molecule has 0 heterocycles. The molecule has 0 saturated carbocycles. The summed E-state index contributed by atoms with van der Waals surface area (Å²) in [6.07, 6.45) is 0.680. The summed E-state index contributed by atoms with van der Waals surface area (Å²) >= 11 is 0. The minimum Gasteiger partial charge on any atom is -0.450 e. The van der Waals surface area contributed by atoms with Crippen molar-refractivity contribution < 1.29 is 18.8 Å². The van der Waals surface area contributed by atoms with Crippen molar-refractivity contribution in [2.45, 2.75) is 6.92 Å². The Morgan fingerprint density at radius 1 is 1.33 bits per heavy atom. The van der Waals surface area contributed by atoms with Crippen molar-refractivity contribution in [1.29, 1.82) is 0 Å². The van der Waals surface area contributed by atoms with E-state index in [4.69, 9.17) is 4.74 Å². The summed E-state index contributed by atoms with van der Waals surface area (Å²) in [5.41, 5.74) is 0.671. The highest BCUT2D eigenvalue weighted by Gasteiger charge is 2.17. The number of aliphatic imine (C=N–C) groups is 1. The van der Waals surface area contributed by atoms with Crippen molar-refractivity contribution in [3.63, 3.8) is 0 Å². The smallest absolute Gasteiger partial charge is 0.411 e. The van der Waals surface area contributed by atoms with Gasteiger partial charge in [0.15, 0.2) is 0 Å². The van der Waals surface area contributed by atoms with Gasteiger partial charge >= 0.3 is 6.09 Å². The minimum atomic E-state index is -0.775. The maximum absolute atomic E-state index is 12.8. The third-order valence-electron chi connectivity index (χ3n) is 2.92. The van der Waals surface area contributed by atoms with E-state index in [9.17, 15) is 19.3 Å². The SMILES string of the molecule is CCOC(=O)Nc1ccc(/N=C/c2ccc(F)cc2)cc1[N+](=O)[O-]. The molecule has 0 fully saturated rings. The summed E-state index contributed by atoms with van der Waals surface area (Å²) in [7, 11) is 0. The summed E-state index contributed by atoms with van der Waals surface area (Å²) in [6, 6.07) is 9.74. The van der Waals surface area contributed by atoms with Crippen molar-refractivity contribution in [3.05, 3.63) is 64.0 Å². The van der Waals surface area contributed by atoms with Crippen LogP contribution in [0.2, 0.25) is 0 Å². The lowest BCUT2D eigenvalue weighted by Gasteiger charge is -2.06. The quantitative estimate of drug-likeness (QED) is 0.508. The second-order valence-electron chi connectivity index (χ2n) is 4.61. The lowest BCUT2D eigenvalue weighted by atomic mass is 10.2. The van der Waals surface area contributed by atoms with Crippen LogP contribution in [0.1, 0.15) is 12.5 Å². The Kier molecular flexibility index (Phi) is 5.56. The van der Waals surface area contributed by atoms with Crippen LogP contribution < -0.4 is 5.32 Å². The van der Waals surface area contributed by atoms with Crippen LogP contribution in [0, 0.1) is 15.9 Å². The van der Waals surface area contributed by atoms with Crippen LogP contribution in [-0.4, -0.2) is 23.8 Å². The Labute approximate surface area is 136 Å². The molecule has 1 N–H and O–H groups in total. The van der Waals surface area contributed by atoms with E-state index in [0.717, 1.165) is 0 Å². The molecule has 1 amide bonds. The number of hydrogen-bond acceptors (Lipinski definition) is 5. The first-order valence-electron chi connectivity index (χ1n) is 7.01. The number of nitro groups is 1. The number of nitrogens with zero attached hydrogens (tertiary/aromatic N) is 2. The zero-order valence-corrected chi connectivity index (χ0v) is 12.7. The molecule has 2 aromatic carbocycles. The van der Waals surface area contributed by atoms with Gasteiger partial charge in [-0.15, -0.1) is 0 Å². The monoisotopic (exact) mass is 331 g/mol. The Morgan fingerprint density at radius 2 is 2.04 bits per heavy atom. The van der Waals surface area contributed by atoms with Crippen molar-refractivity contribution >= 4 is 29.4 Å². The largest absolute Gasteiger partial charge is 0.450 e. The van der Waals surface area contributed by atoms with Gasteiger partial charge in [-0.25, -0.2) is 9.18 Å². The van der Waals surface area contributed by atoms with Crippen LogP contribution in [0.5, 0.6) is 0 Å². The van der Waals surface area contributed by atoms with Gasteiger partial charge < -0.3 is 4.74 Å². The third-order valence-corrected chi connectivity index (χ3v) is 2.92. The van der Waals surface area contributed by atoms with Crippen LogP contribution >= 0.6 is 0 Å². The van der Waals surface area contributed by atoms with Crippen molar-refractivity contribution in [3.8, 4) is 0 Å². The predicted octanol–water partition coefficient (Wildman–Crippen LogP) is 4.05. The van der Waals surface area contributed by atoms with Gasteiger partial charge in [0.25, 0.3) is 5.69 Å². The van der Waals surface area contributed by atoms with Crippen molar-refractivity contribution in [1.82, 2.24) is 0 Å². The number of rotatable bonds is 5. The van der Waals surface area contributed by atoms with Gasteiger partial charge in [-0.2, -0.15) is 0 Å². The van der Waals surface area contributed by atoms with E-state index in [1.807, 2.05) is 0 Å². The van der Waals surface area contributed by atoms with E-state index in [2.05, 4.69) is 10.3 Å². The number of carbonyl (C=O) groups is 1. The molecule has 0 spiro atoms. The van der Waals surface area contributed by atoms with Gasteiger partial charge in [0.05, 0.1) is 17.2 Å². The number of halogens is 1. The molecule has 0 aromatic heterocycles. The normalized spacial score (nSPS) is 10.6. The highest BCUT2D eigenvalue weighted by molar-refractivity contribution is 5.89. The van der Waals surface area contributed by atoms with Gasteiger partial charge in [-0.3, -0.25) is 20.4 Å². The zero-order valence-electron chi connectivity index (χ0n) is 12.7. The average Bonchev–Trinajstić information content (AvgIpc) is 2.55. The number of hydrogen-bond donors (Lipinski definition) is 1. The summed E-state index contributed by atoms with van der Waals surface area (Å²) in [5.74, 6) is -0.364. The number of anilines is 1. The molecule has 0 aliphatic rings. The molecule has 0 saturated heterocycles. The van der Waals surface area contributed by atoms with Crippen LogP contribution in [0.4, 0.5) is 26.2 Å². The van der Waals surface area contributed by atoms with E-state index in [-0.39, 0.29) is 23.8 Å². The first-order chi connectivity index (χ1) is 11.5. The maximum atomic E-state index is 12.8. The van der Waals surface area contributed by atoms with E-state index in [1.165, 1.54) is 48.7 Å². The number of nitro benzene ring substituents is 1. The lowest BCUT2D eigenvalue weighted by molar-refractivity contribution is -0.383.